The molecule has 116 valence electrons. The summed E-state index contributed by atoms with van der Waals surface area (Å²) >= 11 is 3.23. The van der Waals surface area contributed by atoms with Crippen molar-refractivity contribution in [3.05, 3.63) is 34.3 Å². The Morgan fingerprint density at radius 2 is 1.86 bits per heavy atom. The maximum absolute atomic E-state index is 11.7. The average molecular weight is 360 g/mol. The predicted molar refractivity (Wildman–Crippen MR) is 79.9 cm³/mol. The van der Waals surface area contributed by atoms with Gasteiger partial charge in [-0.3, -0.25) is 0 Å². The number of ether oxygens (including phenoxy) is 1. The number of carboxylic acid groups (broad SMARTS) is 1. The highest BCUT2D eigenvalue weighted by molar-refractivity contribution is 9.10. The van der Waals surface area contributed by atoms with E-state index in [1.54, 1.807) is 45.0 Å². The van der Waals surface area contributed by atoms with Crippen molar-refractivity contribution in [2.24, 2.45) is 0 Å². The second kappa shape index (κ2) is 6.91. The van der Waals surface area contributed by atoms with Crippen molar-refractivity contribution in [2.75, 3.05) is 0 Å². The van der Waals surface area contributed by atoms with Gasteiger partial charge in [0, 0.05) is 4.47 Å². The van der Waals surface area contributed by atoms with Gasteiger partial charge in [-0.25, -0.2) is 9.59 Å². The van der Waals surface area contributed by atoms with Crippen LogP contribution < -0.4 is 5.32 Å². The van der Waals surface area contributed by atoms with Crippen molar-refractivity contribution in [3.8, 4) is 0 Å². The highest BCUT2D eigenvalue weighted by Crippen LogP contribution is 2.25. The van der Waals surface area contributed by atoms with E-state index in [4.69, 9.17) is 4.74 Å². The number of amides is 1. The second-order valence-corrected chi connectivity index (χ2v) is 6.28. The molecule has 0 unspecified atom stereocenters. The molecule has 0 aliphatic rings. The molecule has 6 nitrogen and oxygen atoms in total. The normalized spacial score (nSPS) is 14.1. The zero-order valence-corrected chi connectivity index (χ0v) is 13.5. The Kier molecular flexibility index (Phi) is 5.74. The molecule has 0 saturated heterocycles. The number of carboxylic acids is 1. The molecule has 7 heteroatoms. The van der Waals surface area contributed by atoms with Gasteiger partial charge in [-0.15, -0.1) is 0 Å². The van der Waals surface area contributed by atoms with Crippen LogP contribution in [0.2, 0.25) is 0 Å². The van der Waals surface area contributed by atoms with Gasteiger partial charge in [-0.05, 0) is 32.4 Å². The zero-order chi connectivity index (χ0) is 16.2. The molecule has 0 radical (unpaired) electrons. The lowest BCUT2D eigenvalue weighted by Gasteiger charge is -2.24. The number of hydrogen-bond donors (Lipinski definition) is 3. The van der Waals surface area contributed by atoms with Crippen LogP contribution in [0.4, 0.5) is 4.79 Å². The van der Waals surface area contributed by atoms with Gasteiger partial charge >= 0.3 is 12.1 Å². The maximum atomic E-state index is 11.7. The summed E-state index contributed by atoms with van der Waals surface area (Å²) in [5, 5.41) is 21.6. The third-order valence-corrected chi connectivity index (χ3v) is 3.20. The van der Waals surface area contributed by atoms with Crippen LogP contribution in [0.5, 0.6) is 0 Å². The van der Waals surface area contributed by atoms with Gasteiger partial charge in [-0.2, -0.15) is 0 Å². The minimum Gasteiger partial charge on any atom is -0.480 e. The molecule has 1 rings (SSSR count). The standard InChI is InChI=1S/C14H18BrNO5/c1-14(2,3)21-13(20)16-10(12(18)19)11(17)8-6-4-5-7-9(8)15/h4-7,10-11,17H,1-3H3,(H,16,20)(H,18,19)/t10-,11+/m0/s1. The van der Waals surface area contributed by atoms with E-state index in [-0.39, 0.29) is 0 Å². The minimum atomic E-state index is -1.52. The lowest BCUT2D eigenvalue weighted by molar-refractivity contribution is -0.142. The number of aliphatic hydroxyl groups excluding tert-OH is 1. The van der Waals surface area contributed by atoms with Crippen LogP contribution in [0.3, 0.4) is 0 Å². The molecular weight excluding hydrogens is 342 g/mol. The van der Waals surface area contributed by atoms with E-state index >= 15 is 0 Å². The number of aliphatic hydroxyl groups is 1. The van der Waals surface area contributed by atoms with Crippen molar-refractivity contribution in [1.29, 1.82) is 0 Å². The molecule has 0 spiro atoms. The quantitative estimate of drug-likeness (QED) is 0.767. The van der Waals surface area contributed by atoms with E-state index in [1.165, 1.54) is 0 Å². The van der Waals surface area contributed by atoms with Gasteiger partial charge in [0.25, 0.3) is 0 Å². The van der Waals surface area contributed by atoms with Crippen LogP contribution in [0, 0.1) is 0 Å². The number of carbonyl (C=O) groups is 2. The molecule has 2 atom stereocenters. The molecule has 1 aromatic carbocycles. The first-order valence-electron chi connectivity index (χ1n) is 6.26. The Labute approximate surface area is 131 Å². The van der Waals surface area contributed by atoms with Gasteiger partial charge in [0.05, 0.1) is 0 Å². The largest absolute Gasteiger partial charge is 0.480 e. The first-order chi connectivity index (χ1) is 9.61. The second-order valence-electron chi connectivity index (χ2n) is 5.43. The summed E-state index contributed by atoms with van der Waals surface area (Å²) in [5.41, 5.74) is -0.397. The van der Waals surface area contributed by atoms with Gasteiger partial charge < -0.3 is 20.3 Å². The molecule has 0 heterocycles. The first-order valence-corrected chi connectivity index (χ1v) is 7.06. The smallest absolute Gasteiger partial charge is 0.408 e. The molecular formula is C14H18BrNO5. The van der Waals surface area contributed by atoms with Crippen LogP contribution >= 0.6 is 15.9 Å². The van der Waals surface area contributed by atoms with Gasteiger partial charge in [-0.1, -0.05) is 34.1 Å². The summed E-state index contributed by atoms with van der Waals surface area (Å²) in [6.45, 7) is 4.98. The third kappa shape index (κ3) is 5.35. The van der Waals surface area contributed by atoms with E-state index in [0.29, 0.717) is 10.0 Å². The Balaban J connectivity index is 2.90. The topological polar surface area (TPSA) is 95.9 Å². The Hall–Kier alpha value is -1.60. The van der Waals surface area contributed by atoms with Crippen LogP contribution in [0.15, 0.2) is 28.7 Å². The lowest BCUT2D eigenvalue weighted by Crippen LogP contribution is -2.46. The lowest BCUT2D eigenvalue weighted by atomic mass is 10.0. The highest BCUT2D eigenvalue weighted by Gasteiger charge is 2.32. The zero-order valence-electron chi connectivity index (χ0n) is 12.0. The number of benzene rings is 1. The summed E-state index contributed by atoms with van der Waals surface area (Å²) in [6, 6.07) is 5.12. The Morgan fingerprint density at radius 1 is 1.29 bits per heavy atom. The van der Waals surface area contributed by atoms with Crippen LogP contribution in [0.1, 0.15) is 32.4 Å². The van der Waals surface area contributed by atoms with E-state index in [1.807, 2.05) is 0 Å². The number of aliphatic carboxylic acids is 1. The minimum absolute atomic E-state index is 0.362. The SMILES string of the molecule is CC(C)(C)OC(=O)N[C@H](C(=O)O)[C@H](O)c1ccccc1Br. The van der Waals surface area contributed by atoms with Crippen molar-refractivity contribution in [2.45, 2.75) is 38.5 Å². The average Bonchev–Trinajstić information content (AvgIpc) is 2.33. The Bertz CT molecular complexity index is 526. The summed E-state index contributed by atoms with van der Waals surface area (Å²) < 4.78 is 5.55. The molecule has 1 amide bonds. The van der Waals surface area contributed by atoms with Crippen molar-refractivity contribution >= 4 is 28.0 Å². The summed E-state index contributed by atoms with van der Waals surface area (Å²) in [7, 11) is 0. The maximum Gasteiger partial charge on any atom is 0.408 e. The van der Waals surface area contributed by atoms with Crippen molar-refractivity contribution in [3.63, 3.8) is 0 Å². The molecule has 0 fully saturated rings. The number of halogens is 1. The molecule has 1 aromatic rings. The summed E-state index contributed by atoms with van der Waals surface area (Å²) in [6.07, 6.45) is -2.31. The van der Waals surface area contributed by atoms with E-state index in [0.717, 1.165) is 0 Å². The summed E-state index contributed by atoms with van der Waals surface area (Å²) in [4.78, 5) is 23.0. The Morgan fingerprint density at radius 3 is 2.33 bits per heavy atom. The van der Waals surface area contributed by atoms with Gasteiger partial charge in [0.1, 0.15) is 11.7 Å². The van der Waals surface area contributed by atoms with Crippen LogP contribution in [-0.2, 0) is 9.53 Å². The molecule has 0 saturated carbocycles. The first kappa shape index (κ1) is 17.5. The number of carbonyl (C=O) groups excluding carboxylic acids is 1. The van der Waals surface area contributed by atoms with E-state index in [9.17, 15) is 19.8 Å². The number of alkyl carbamates (subject to hydrolysis) is 1. The number of nitrogens with one attached hydrogen (secondary N) is 1. The molecule has 21 heavy (non-hydrogen) atoms. The van der Waals surface area contributed by atoms with E-state index in [2.05, 4.69) is 21.2 Å². The van der Waals surface area contributed by atoms with Crippen molar-refractivity contribution in [1.82, 2.24) is 5.32 Å². The molecule has 0 bridgehead atoms. The van der Waals surface area contributed by atoms with Gasteiger partial charge in [0.2, 0.25) is 0 Å². The predicted octanol–water partition coefficient (Wildman–Crippen LogP) is 2.46. The summed E-state index contributed by atoms with van der Waals surface area (Å²) in [5.74, 6) is -1.36. The fourth-order valence-corrected chi connectivity index (χ4v) is 2.12. The molecule has 0 aliphatic heterocycles. The van der Waals surface area contributed by atoms with Crippen LogP contribution in [-0.4, -0.2) is 33.9 Å². The molecule has 0 aromatic heterocycles. The number of rotatable bonds is 4. The third-order valence-electron chi connectivity index (χ3n) is 2.48. The van der Waals surface area contributed by atoms with Crippen molar-refractivity contribution < 1.29 is 24.5 Å². The van der Waals surface area contributed by atoms with E-state index < -0.39 is 29.8 Å². The monoisotopic (exact) mass is 359 g/mol. The fraction of sp³-hybridized carbons (Fsp3) is 0.429. The van der Waals surface area contributed by atoms with Gasteiger partial charge in [0.15, 0.2) is 6.04 Å². The fourth-order valence-electron chi connectivity index (χ4n) is 1.60. The molecule has 0 aliphatic carbocycles. The highest BCUT2D eigenvalue weighted by atomic mass is 79.9. The number of hydrogen-bond acceptors (Lipinski definition) is 4. The van der Waals surface area contributed by atoms with Crippen LogP contribution in [0.25, 0.3) is 0 Å². The molecule has 3 N–H and O–H groups in total.